The molecule has 0 spiro atoms. The van der Waals surface area contributed by atoms with Crippen molar-refractivity contribution in [1.29, 1.82) is 0 Å². The number of carbonyl (C=O) groups excluding carboxylic acids is 1. The van der Waals surface area contributed by atoms with Gasteiger partial charge in [-0.25, -0.2) is 0 Å². The first-order valence-corrected chi connectivity index (χ1v) is 3.85. The van der Waals surface area contributed by atoms with E-state index in [0.29, 0.717) is 6.04 Å². The summed E-state index contributed by atoms with van der Waals surface area (Å²) in [5.41, 5.74) is 0. The second-order valence-corrected chi connectivity index (χ2v) is 2.72. The van der Waals surface area contributed by atoms with Gasteiger partial charge < -0.3 is 4.90 Å². The molecule has 0 aliphatic carbocycles. The molecule has 1 atom stereocenters. The number of hydrogen-bond acceptors (Lipinski definition) is 1. The molecule has 0 N–H and O–H groups in total. The quantitative estimate of drug-likeness (QED) is 0.331. The summed E-state index contributed by atoms with van der Waals surface area (Å²) in [6.45, 7) is 4.88. The van der Waals surface area contributed by atoms with Gasteiger partial charge in [0.2, 0.25) is 5.91 Å². The third-order valence-electron chi connectivity index (χ3n) is 1.68. The Labute approximate surface area is 67.2 Å². The monoisotopic (exact) mass is 151 g/mol. The summed E-state index contributed by atoms with van der Waals surface area (Å²) in [7, 11) is 0. The van der Waals surface area contributed by atoms with E-state index in [0.717, 1.165) is 6.54 Å². The molecule has 1 fully saturated rings. The zero-order valence-corrected chi connectivity index (χ0v) is 6.95. The Bertz CT molecular complexity index is 206. The summed E-state index contributed by atoms with van der Waals surface area (Å²) in [4.78, 5) is 12.9. The molecule has 1 amide bonds. The standard InChI is InChI=1S/C9H13NO/c1-3-4-5-6-9(11)10-7-8(10)2/h3-6,8H,7H2,1-2H3/b4-3+,6-5+. The fourth-order valence-corrected chi connectivity index (χ4v) is 0.889. The van der Waals surface area contributed by atoms with Crippen molar-refractivity contribution < 1.29 is 4.79 Å². The molecular weight excluding hydrogens is 138 g/mol. The second kappa shape index (κ2) is 3.37. The molecule has 1 aliphatic rings. The van der Waals surface area contributed by atoms with Crippen molar-refractivity contribution in [1.82, 2.24) is 4.90 Å². The Morgan fingerprint density at radius 2 is 2.18 bits per heavy atom. The van der Waals surface area contributed by atoms with Gasteiger partial charge in [-0.15, -0.1) is 0 Å². The second-order valence-electron chi connectivity index (χ2n) is 2.72. The summed E-state index contributed by atoms with van der Waals surface area (Å²) in [5, 5.41) is 0. The lowest BCUT2D eigenvalue weighted by Gasteiger charge is -1.93. The summed E-state index contributed by atoms with van der Waals surface area (Å²) in [6, 6.07) is 0.456. The highest BCUT2D eigenvalue weighted by Gasteiger charge is 2.32. The molecule has 1 aliphatic heterocycles. The summed E-state index contributed by atoms with van der Waals surface area (Å²) in [5.74, 6) is 0.121. The van der Waals surface area contributed by atoms with Crippen LogP contribution >= 0.6 is 0 Å². The van der Waals surface area contributed by atoms with Gasteiger partial charge in [-0.2, -0.15) is 0 Å². The summed E-state index contributed by atoms with van der Waals surface area (Å²) >= 11 is 0. The van der Waals surface area contributed by atoms with Crippen LogP contribution in [0.2, 0.25) is 0 Å². The van der Waals surface area contributed by atoms with Crippen molar-refractivity contribution >= 4 is 5.91 Å². The Morgan fingerprint density at radius 1 is 1.55 bits per heavy atom. The van der Waals surface area contributed by atoms with E-state index < -0.39 is 0 Å². The molecule has 1 rings (SSSR count). The van der Waals surface area contributed by atoms with Gasteiger partial charge in [-0.3, -0.25) is 4.79 Å². The van der Waals surface area contributed by atoms with Crippen LogP contribution in [0, 0.1) is 0 Å². The molecule has 0 aromatic carbocycles. The summed E-state index contributed by atoms with van der Waals surface area (Å²) in [6.07, 6.45) is 7.12. The molecule has 1 unspecified atom stereocenters. The molecule has 0 aromatic heterocycles. The van der Waals surface area contributed by atoms with Crippen molar-refractivity contribution in [3.05, 3.63) is 24.3 Å². The fourth-order valence-electron chi connectivity index (χ4n) is 0.889. The maximum Gasteiger partial charge on any atom is 0.246 e. The minimum atomic E-state index is 0.121. The van der Waals surface area contributed by atoms with Gasteiger partial charge in [0.25, 0.3) is 0 Å². The van der Waals surface area contributed by atoms with Crippen LogP contribution in [0.5, 0.6) is 0 Å². The lowest BCUT2D eigenvalue weighted by molar-refractivity contribution is -0.121. The van der Waals surface area contributed by atoms with Crippen LogP contribution in [0.1, 0.15) is 13.8 Å². The number of hydrogen-bond donors (Lipinski definition) is 0. The Hall–Kier alpha value is -1.05. The maximum atomic E-state index is 11.1. The number of rotatable bonds is 2. The molecular formula is C9H13NO. The van der Waals surface area contributed by atoms with Crippen LogP contribution in [0.15, 0.2) is 24.3 Å². The first-order chi connectivity index (χ1) is 5.25. The zero-order chi connectivity index (χ0) is 8.27. The van der Waals surface area contributed by atoms with E-state index in [9.17, 15) is 4.79 Å². The van der Waals surface area contributed by atoms with E-state index in [1.54, 1.807) is 12.2 Å². The van der Waals surface area contributed by atoms with E-state index in [1.165, 1.54) is 0 Å². The van der Waals surface area contributed by atoms with Gasteiger partial charge in [0.05, 0.1) is 0 Å². The van der Waals surface area contributed by atoms with E-state index in [-0.39, 0.29) is 5.91 Å². The minimum absolute atomic E-state index is 0.121. The van der Waals surface area contributed by atoms with Crippen LogP contribution in [0.3, 0.4) is 0 Å². The van der Waals surface area contributed by atoms with Crippen LogP contribution in [-0.4, -0.2) is 23.4 Å². The Kier molecular flexibility index (Phi) is 2.47. The topological polar surface area (TPSA) is 20.1 Å². The van der Waals surface area contributed by atoms with Gasteiger partial charge in [0, 0.05) is 18.7 Å². The zero-order valence-electron chi connectivity index (χ0n) is 6.95. The molecule has 11 heavy (non-hydrogen) atoms. The Balaban J connectivity index is 2.32. The van der Waals surface area contributed by atoms with Gasteiger partial charge in [-0.05, 0) is 13.8 Å². The molecule has 60 valence electrons. The third kappa shape index (κ3) is 2.22. The predicted octanol–water partition coefficient (Wildman–Crippen LogP) is 1.35. The van der Waals surface area contributed by atoms with Crippen molar-refractivity contribution in [3.8, 4) is 0 Å². The van der Waals surface area contributed by atoms with E-state index in [4.69, 9.17) is 0 Å². The van der Waals surface area contributed by atoms with Crippen LogP contribution in [0.4, 0.5) is 0 Å². The smallest absolute Gasteiger partial charge is 0.246 e. The first-order valence-electron chi connectivity index (χ1n) is 3.85. The highest BCUT2D eigenvalue weighted by Crippen LogP contribution is 2.15. The van der Waals surface area contributed by atoms with E-state index in [1.807, 2.05) is 30.9 Å². The van der Waals surface area contributed by atoms with Crippen LogP contribution < -0.4 is 0 Å². The predicted molar refractivity (Wildman–Crippen MR) is 45.1 cm³/mol. The van der Waals surface area contributed by atoms with Gasteiger partial charge in [0.1, 0.15) is 0 Å². The average Bonchev–Trinajstić information content (AvgIpc) is 2.67. The normalized spacial score (nSPS) is 23.5. The van der Waals surface area contributed by atoms with Gasteiger partial charge >= 0.3 is 0 Å². The van der Waals surface area contributed by atoms with Gasteiger partial charge in [0.15, 0.2) is 0 Å². The van der Waals surface area contributed by atoms with Crippen LogP contribution in [-0.2, 0) is 4.79 Å². The maximum absolute atomic E-state index is 11.1. The van der Waals surface area contributed by atoms with E-state index >= 15 is 0 Å². The lowest BCUT2D eigenvalue weighted by atomic mass is 10.4. The molecule has 2 nitrogen and oxygen atoms in total. The largest absolute Gasteiger partial charge is 0.333 e. The van der Waals surface area contributed by atoms with Crippen molar-refractivity contribution in [2.24, 2.45) is 0 Å². The number of carbonyl (C=O) groups is 1. The molecule has 0 aromatic rings. The fraction of sp³-hybridized carbons (Fsp3) is 0.444. The minimum Gasteiger partial charge on any atom is -0.333 e. The average molecular weight is 151 g/mol. The molecule has 0 bridgehead atoms. The van der Waals surface area contributed by atoms with Crippen molar-refractivity contribution in [3.63, 3.8) is 0 Å². The molecule has 0 radical (unpaired) electrons. The summed E-state index contributed by atoms with van der Waals surface area (Å²) < 4.78 is 0. The van der Waals surface area contributed by atoms with Gasteiger partial charge in [-0.1, -0.05) is 18.2 Å². The molecule has 0 saturated carbocycles. The molecule has 2 heteroatoms. The highest BCUT2D eigenvalue weighted by molar-refractivity contribution is 5.89. The molecule has 1 saturated heterocycles. The number of amides is 1. The first kappa shape index (κ1) is 8.05. The molecule has 1 heterocycles. The Morgan fingerprint density at radius 3 is 2.64 bits per heavy atom. The van der Waals surface area contributed by atoms with Crippen molar-refractivity contribution in [2.45, 2.75) is 19.9 Å². The van der Waals surface area contributed by atoms with Crippen molar-refractivity contribution in [2.75, 3.05) is 6.54 Å². The SMILES string of the molecule is C/C=C/C=C/C(=O)N1CC1C. The number of allylic oxidation sites excluding steroid dienone is 3. The third-order valence-corrected chi connectivity index (χ3v) is 1.68. The lowest BCUT2D eigenvalue weighted by Crippen LogP contribution is -2.07. The van der Waals surface area contributed by atoms with E-state index in [2.05, 4.69) is 0 Å². The van der Waals surface area contributed by atoms with Crippen LogP contribution in [0.25, 0.3) is 0 Å². The number of nitrogens with zero attached hydrogens (tertiary/aromatic N) is 1. The highest BCUT2D eigenvalue weighted by atomic mass is 16.2.